The summed E-state index contributed by atoms with van der Waals surface area (Å²) in [4.78, 5) is 24.4. The second-order valence-corrected chi connectivity index (χ2v) is 7.25. The molecule has 6 heteroatoms. The minimum Gasteiger partial charge on any atom is -0.273 e. The van der Waals surface area contributed by atoms with Crippen LogP contribution in [0.4, 0.5) is 0 Å². The van der Waals surface area contributed by atoms with E-state index in [-0.39, 0.29) is 17.9 Å². The van der Waals surface area contributed by atoms with Crippen molar-refractivity contribution < 1.29 is 4.79 Å². The van der Waals surface area contributed by atoms with Gasteiger partial charge in [0.25, 0.3) is 5.56 Å². The van der Waals surface area contributed by atoms with Gasteiger partial charge in [0, 0.05) is 10.9 Å². The maximum atomic E-state index is 12.5. The Morgan fingerprint density at radius 2 is 1.45 bits per heavy atom. The van der Waals surface area contributed by atoms with Crippen molar-refractivity contribution in [2.24, 2.45) is 5.10 Å². The maximum absolute atomic E-state index is 12.5. The van der Waals surface area contributed by atoms with E-state index in [1.54, 1.807) is 24.4 Å². The molecule has 5 rings (SSSR count). The molecule has 0 saturated heterocycles. The molecule has 0 saturated carbocycles. The molecule has 0 unspecified atom stereocenters. The Bertz CT molecular complexity index is 1480. The van der Waals surface area contributed by atoms with Gasteiger partial charge in [-0.3, -0.25) is 9.59 Å². The number of carbonyl (C=O) groups excluding carboxylic acids is 1. The van der Waals surface area contributed by atoms with Gasteiger partial charge in [-0.25, -0.2) is 10.5 Å². The smallest absolute Gasteiger partial charge is 0.272 e. The molecule has 150 valence electrons. The van der Waals surface area contributed by atoms with Crippen molar-refractivity contribution >= 4 is 44.4 Å². The number of aromatic amines is 1. The van der Waals surface area contributed by atoms with Crippen LogP contribution in [0.3, 0.4) is 0 Å². The molecule has 0 fully saturated rings. The van der Waals surface area contributed by atoms with E-state index in [9.17, 15) is 9.59 Å². The van der Waals surface area contributed by atoms with Gasteiger partial charge in [0.1, 0.15) is 0 Å². The molecule has 0 radical (unpaired) electrons. The zero-order valence-corrected chi connectivity index (χ0v) is 16.5. The standard InChI is InChI=1S/C25H18N4O2/c30-24(14-23-20-11-5-6-12-21(20)25(31)29-27-23)28-26-15-22-18-9-3-1-7-16(18)13-17-8-2-4-10-19(17)22/h1-13,15H,14H2,(H,28,30)(H,29,31)/b26-15+. The summed E-state index contributed by atoms with van der Waals surface area (Å²) < 4.78 is 0. The van der Waals surface area contributed by atoms with E-state index in [0.29, 0.717) is 16.5 Å². The zero-order chi connectivity index (χ0) is 21.2. The Hall–Kier alpha value is -4.32. The van der Waals surface area contributed by atoms with Crippen LogP contribution in [0.25, 0.3) is 32.3 Å². The quantitative estimate of drug-likeness (QED) is 0.269. The van der Waals surface area contributed by atoms with Gasteiger partial charge in [-0.05, 0) is 33.7 Å². The van der Waals surface area contributed by atoms with E-state index in [0.717, 1.165) is 27.1 Å². The van der Waals surface area contributed by atoms with Crippen molar-refractivity contribution in [1.82, 2.24) is 15.6 Å². The first-order valence-corrected chi connectivity index (χ1v) is 9.89. The number of benzene rings is 4. The van der Waals surface area contributed by atoms with Gasteiger partial charge in [0.2, 0.25) is 5.91 Å². The molecule has 4 aromatic carbocycles. The molecule has 0 aliphatic rings. The van der Waals surface area contributed by atoms with Crippen LogP contribution in [-0.2, 0) is 11.2 Å². The van der Waals surface area contributed by atoms with Crippen molar-refractivity contribution in [2.45, 2.75) is 6.42 Å². The van der Waals surface area contributed by atoms with Crippen LogP contribution in [0, 0.1) is 0 Å². The average Bonchev–Trinajstić information content (AvgIpc) is 2.80. The Morgan fingerprint density at radius 1 is 0.871 bits per heavy atom. The van der Waals surface area contributed by atoms with Crippen molar-refractivity contribution in [3.8, 4) is 0 Å². The molecule has 1 amide bonds. The summed E-state index contributed by atoms with van der Waals surface area (Å²) in [6.07, 6.45) is 1.69. The number of nitrogens with zero attached hydrogens (tertiary/aromatic N) is 2. The predicted octanol–water partition coefficient (Wildman–Crippen LogP) is 3.92. The van der Waals surface area contributed by atoms with Crippen LogP contribution in [0.2, 0.25) is 0 Å². The maximum Gasteiger partial charge on any atom is 0.272 e. The first kappa shape index (κ1) is 18.7. The third kappa shape index (κ3) is 3.55. The fourth-order valence-electron chi connectivity index (χ4n) is 3.85. The predicted molar refractivity (Wildman–Crippen MR) is 123 cm³/mol. The highest BCUT2D eigenvalue weighted by Gasteiger charge is 2.10. The number of amides is 1. The van der Waals surface area contributed by atoms with Gasteiger partial charge in [-0.2, -0.15) is 10.2 Å². The third-order valence-corrected chi connectivity index (χ3v) is 5.30. The number of nitrogens with one attached hydrogen (secondary N) is 2. The van der Waals surface area contributed by atoms with Crippen LogP contribution in [0.5, 0.6) is 0 Å². The molecule has 0 bridgehead atoms. The van der Waals surface area contributed by atoms with Crippen molar-refractivity contribution in [3.05, 3.63) is 100 Å². The summed E-state index contributed by atoms with van der Waals surface area (Å²) in [5, 5.41) is 16.2. The SMILES string of the molecule is O=C(Cc1n[nH]c(=O)c2ccccc12)N/N=C/c1c2ccccc2cc2ccccc12. The first-order chi connectivity index (χ1) is 15.2. The number of H-pyrrole nitrogens is 1. The topological polar surface area (TPSA) is 87.2 Å². The van der Waals surface area contributed by atoms with Crippen LogP contribution in [-0.4, -0.2) is 22.3 Å². The Balaban J connectivity index is 1.43. The minimum absolute atomic E-state index is 0.00488. The summed E-state index contributed by atoms with van der Waals surface area (Å²) in [6, 6.07) is 25.4. The molecule has 0 aliphatic heterocycles. The molecule has 0 spiro atoms. The second kappa shape index (κ2) is 7.84. The fourth-order valence-corrected chi connectivity index (χ4v) is 3.85. The summed E-state index contributed by atoms with van der Waals surface area (Å²) in [5.41, 5.74) is 3.75. The van der Waals surface area contributed by atoms with Crippen molar-refractivity contribution in [3.63, 3.8) is 0 Å². The van der Waals surface area contributed by atoms with E-state index in [4.69, 9.17) is 0 Å². The number of hydrogen-bond donors (Lipinski definition) is 2. The summed E-state index contributed by atoms with van der Waals surface area (Å²) >= 11 is 0. The van der Waals surface area contributed by atoms with E-state index in [1.165, 1.54) is 0 Å². The highest BCUT2D eigenvalue weighted by atomic mass is 16.2. The molecule has 1 aromatic heterocycles. The van der Waals surface area contributed by atoms with E-state index in [1.807, 2.05) is 42.5 Å². The molecule has 31 heavy (non-hydrogen) atoms. The fraction of sp³-hybridized carbons (Fsp3) is 0.0400. The second-order valence-electron chi connectivity index (χ2n) is 7.25. The van der Waals surface area contributed by atoms with Gasteiger partial charge >= 0.3 is 0 Å². The molecule has 1 heterocycles. The highest BCUT2D eigenvalue weighted by Crippen LogP contribution is 2.27. The number of rotatable bonds is 4. The summed E-state index contributed by atoms with van der Waals surface area (Å²) in [6.45, 7) is 0. The van der Waals surface area contributed by atoms with E-state index < -0.39 is 0 Å². The molecule has 0 aliphatic carbocycles. The third-order valence-electron chi connectivity index (χ3n) is 5.30. The lowest BCUT2D eigenvalue weighted by Gasteiger charge is -2.08. The van der Waals surface area contributed by atoms with Crippen LogP contribution in [0.15, 0.2) is 88.8 Å². The summed E-state index contributed by atoms with van der Waals surface area (Å²) in [7, 11) is 0. The zero-order valence-electron chi connectivity index (χ0n) is 16.5. The lowest BCUT2D eigenvalue weighted by Crippen LogP contribution is -2.22. The number of hydrogen-bond acceptors (Lipinski definition) is 4. The normalized spacial score (nSPS) is 11.5. The van der Waals surface area contributed by atoms with Gasteiger partial charge < -0.3 is 0 Å². The summed E-state index contributed by atoms with van der Waals surface area (Å²) in [5.74, 6) is -0.314. The van der Waals surface area contributed by atoms with Crippen molar-refractivity contribution in [2.75, 3.05) is 0 Å². The van der Waals surface area contributed by atoms with E-state index in [2.05, 4.69) is 38.9 Å². The van der Waals surface area contributed by atoms with Gasteiger partial charge in [0.15, 0.2) is 0 Å². The monoisotopic (exact) mass is 406 g/mol. The molecular formula is C25H18N4O2. The number of hydrazone groups is 1. The number of aromatic nitrogens is 2. The highest BCUT2D eigenvalue weighted by molar-refractivity contribution is 6.13. The molecule has 6 nitrogen and oxygen atoms in total. The minimum atomic E-state index is -0.314. The molecule has 5 aromatic rings. The van der Waals surface area contributed by atoms with Gasteiger partial charge in [-0.1, -0.05) is 66.7 Å². The van der Waals surface area contributed by atoms with Crippen LogP contribution >= 0.6 is 0 Å². The Labute approximate surface area is 177 Å². The number of fused-ring (bicyclic) bond motifs is 3. The molecule has 2 N–H and O–H groups in total. The van der Waals surface area contributed by atoms with Crippen LogP contribution < -0.4 is 11.0 Å². The average molecular weight is 406 g/mol. The first-order valence-electron chi connectivity index (χ1n) is 9.89. The Kier molecular flexibility index (Phi) is 4.72. The van der Waals surface area contributed by atoms with Gasteiger partial charge in [0.05, 0.1) is 23.7 Å². The van der Waals surface area contributed by atoms with E-state index >= 15 is 0 Å². The number of carbonyl (C=O) groups is 1. The molecule has 0 atom stereocenters. The van der Waals surface area contributed by atoms with Crippen LogP contribution in [0.1, 0.15) is 11.3 Å². The van der Waals surface area contributed by atoms with Gasteiger partial charge in [-0.15, -0.1) is 0 Å². The lowest BCUT2D eigenvalue weighted by molar-refractivity contribution is -0.120. The largest absolute Gasteiger partial charge is 0.273 e. The Morgan fingerprint density at radius 3 is 2.13 bits per heavy atom. The van der Waals surface area contributed by atoms with Crippen molar-refractivity contribution in [1.29, 1.82) is 0 Å². The lowest BCUT2D eigenvalue weighted by atomic mass is 9.97. The molecular weight excluding hydrogens is 388 g/mol.